The number of esters is 4. The molecular weight excluding hydrogens is 869 g/mol. The number of carbonyl (C=O) groups excluding carboxylic acids is 4. The number of ether oxygens (including phenoxy) is 4. The van der Waals surface area contributed by atoms with E-state index in [0.717, 1.165) is 77.8 Å². The Balaban J connectivity index is 4.80. The molecule has 0 amide bonds. The monoisotopic (exact) mass is 981 g/mol. The fourth-order valence-corrected chi connectivity index (χ4v) is 8.50. The summed E-state index contributed by atoms with van der Waals surface area (Å²) in [5, 5.41) is 0. The zero-order chi connectivity index (χ0) is 50.7. The largest absolute Gasteiger partial charge is 0.469 e. The highest BCUT2D eigenvalue weighted by molar-refractivity contribution is 5.70. The second-order valence-electron chi connectivity index (χ2n) is 20.1. The van der Waals surface area contributed by atoms with Gasteiger partial charge < -0.3 is 38.5 Å². The van der Waals surface area contributed by atoms with Gasteiger partial charge in [0.25, 0.3) is 0 Å². The summed E-state index contributed by atoms with van der Waals surface area (Å²) in [5.74, 6) is -0.775. The van der Waals surface area contributed by atoms with Crippen molar-refractivity contribution in [2.75, 3.05) is 106 Å². The van der Waals surface area contributed by atoms with E-state index in [0.29, 0.717) is 65.3 Å². The van der Waals surface area contributed by atoms with Crippen molar-refractivity contribution in [3.05, 3.63) is 0 Å². The first kappa shape index (κ1) is 66.7. The van der Waals surface area contributed by atoms with Gasteiger partial charge in [-0.05, 0) is 33.4 Å². The maximum atomic E-state index is 12.8. The molecule has 0 N–H and O–H groups in total. The summed E-state index contributed by atoms with van der Waals surface area (Å²) >= 11 is 0. The fraction of sp³-hybridized carbons (Fsp3) is 0.930. The van der Waals surface area contributed by atoms with Gasteiger partial charge >= 0.3 is 23.9 Å². The summed E-state index contributed by atoms with van der Waals surface area (Å²) in [6.07, 6.45) is 38.5. The van der Waals surface area contributed by atoms with E-state index in [1.54, 1.807) is 0 Å². The zero-order valence-electron chi connectivity index (χ0n) is 46.3. The fourth-order valence-electron chi connectivity index (χ4n) is 8.50. The highest BCUT2D eigenvalue weighted by atomic mass is 16.5. The standard InChI is InChI=1S/C57H112N4O8/c1-7-10-13-16-19-22-25-28-31-34-51-67-55(63)38-42-60(41-37-54(62)66-6)49-47-58(4)45-46-59(5)48-50-61(43-39-56(64)68-52-35-32-29-26-23-20-17-14-11-8-2)44-40-57(65)69-53-36-33-30-27-24-21-18-15-12-9-3/h7-53H2,1-6H3. The first-order chi connectivity index (χ1) is 33.6. The molecule has 408 valence electrons. The highest BCUT2D eigenvalue weighted by Crippen LogP contribution is 2.14. The normalized spacial score (nSPS) is 11.6. The Kier molecular flexibility index (Phi) is 50.3. The topological polar surface area (TPSA) is 118 Å². The molecule has 0 fully saturated rings. The quantitative estimate of drug-likeness (QED) is 0.0328. The van der Waals surface area contributed by atoms with Gasteiger partial charge in [-0.3, -0.25) is 19.2 Å². The molecule has 0 radical (unpaired) electrons. The van der Waals surface area contributed by atoms with E-state index in [9.17, 15) is 19.2 Å². The van der Waals surface area contributed by atoms with Crippen LogP contribution in [0.25, 0.3) is 0 Å². The Morgan fingerprint density at radius 1 is 0.290 bits per heavy atom. The third-order valence-corrected chi connectivity index (χ3v) is 13.5. The number of rotatable bonds is 54. The minimum absolute atomic E-state index is 0.170. The molecule has 0 unspecified atom stereocenters. The van der Waals surface area contributed by atoms with Crippen LogP contribution in [0.5, 0.6) is 0 Å². The number of likely N-dealkylation sites (N-methyl/N-ethyl adjacent to an activating group) is 2. The molecule has 0 saturated carbocycles. The molecule has 0 atom stereocenters. The first-order valence-electron chi connectivity index (χ1n) is 29.0. The molecule has 0 aliphatic heterocycles. The average Bonchev–Trinajstić information content (AvgIpc) is 3.35. The zero-order valence-corrected chi connectivity index (χ0v) is 46.3. The predicted molar refractivity (Wildman–Crippen MR) is 287 cm³/mol. The van der Waals surface area contributed by atoms with E-state index in [4.69, 9.17) is 18.9 Å². The molecule has 0 aliphatic rings. The Bertz CT molecular complexity index is 1120. The first-order valence-corrected chi connectivity index (χ1v) is 29.0. The van der Waals surface area contributed by atoms with Crippen molar-refractivity contribution in [2.45, 2.75) is 239 Å². The van der Waals surface area contributed by atoms with Crippen LogP contribution in [-0.2, 0) is 38.1 Å². The lowest BCUT2D eigenvalue weighted by Gasteiger charge is -2.28. The van der Waals surface area contributed by atoms with Crippen LogP contribution in [0.4, 0.5) is 0 Å². The van der Waals surface area contributed by atoms with Gasteiger partial charge in [-0.25, -0.2) is 0 Å². The van der Waals surface area contributed by atoms with Crippen molar-refractivity contribution in [3.8, 4) is 0 Å². The number of carbonyl (C=O) groups is 4. The van der Waals surface area contributed by atoms with E-state index in [-0.39, 0.29) is 30.3 Å². The van der Waals surface area contributed by atoms with E-state index in [1.807, 2.05) is 0 Å². The number of hydrogen-bond acceptors (Lipinski definition) is 12. The number of nitrogens with zero attached hydrogens (tertiary/aromatic N) is 4. The molecule has 69 heavy (non-hydrogen) atoms. The van der Waals surface area contributed by atoms with Crippen LogP contribution in [0, 0.1) is 0 Å². The van der Waals surface area contributed by atoms with Crippen LogP contribution in [0.15, 0.2) is 0 Å². The van der Waals surface area contributed by atoms with Gasteiger partial charge in [0.15, 0.2) is 0 Å². The van der Waals surface area contributed by atoms with Crippen molar-refractivity contribution in [1.29, 1.82) is 0 Å². The lowest BCUT2D eigenvalue weighted by atomic mass is 10.1. The lowest BCUT2D eigenvalue weighted by molar-refractivity contribution is -0.145. The van der Waals surface area contributed by atoms with Gasteiger partial charge in [-0.1, -0.05) is 194 Å². The second-order valence-corrected chi connectivity index (χ2v) is 20.1. The highest BCUT2D eigenvalue weighted by Gasteiger charge is 2.16. The lowest BCUT2D eigenvalue weighted by Crippen LogP contribution is -2.40. The summed E-state index contributed by atoms with van der Waals surface area (Å²) in [7, 11) is 5.61. The van der Waals surface area contributed by atoms with Crippen molar-refractivity contribution < 1.29 is 38.1 Å². The predicted octanol–water partition coefficient (Wildman–Crippen LogP) is 12.6. The van der Waals surface area contributed by atoms with Gasteiger partial charge in [0.05, 0.1) is 52.6 Å². The summed E-state index contributed by atoms with van der Waals surface area (Å²) < 4.78 is 21.7. The average molecular weight is 982 g/mol. The Morgan fingerprint density at radius 3 is 0.754 bits per heavy atom. The van der Waals surface area contributed by atoms with Crippen LogP contribution >= 0.6 is 0 Å². The van der Waals surface area contributed by atoms with Crippen LogP contribution in [0.3, 0.4) is 0 Å². The minimum atomic E-state index is -0.255. The SMILES string of the molecule is CCCCCCCCCCCCOC(=O)CCN(CCC(=O)OC)CCN(C)CCN(C)CCN(CCC(=O)OCCCCCCCCCCCC)CCC(=O)OCCCCCCCCCCCC. The molecule has 0 rings (SSSR count). The second kappa shape index (κ2) is 52.1. The van der Waals surface area contributed by atoms with Crippen molar-refractivity contribution in [1.82, 2.24) is 19.6 Å². The summed E-state index contributed by atoms with van der Waals surface area (Å²) in [6.45, 7) is 15.1. The van der Waals surface area contributed by atoms with Crippen LogP contribution in [0.2, 0.25) is 0 Å². The van der Waals surface area contributed by atoms with Crippen LogP contribution in [-0.4, -0.2) is 150 Å². The third-order valence-electron chi connectivity index (χ3n) is 13.5. The molecule has 12 heteroatoms. The van der Waals surface area contributed by atoms with Crippen LogP contribution < -0.4 is 0 Å². The Hall–Kier alpha value is -2.28. The van der Waals surface area contributed by atoms with Gasteiger partial charge in [-0.2, -0.15) is 0 Å². The van der Waals surface area contributed by atoms with E-state index >= 15 is 0 Å². The minimum Gasteiger partial charge on any atom is -0.469 e. The van der Waals surface area contributed by atoms with E-state index in [1.165, 1.54) is 161 Å². The molecule has 0 aromatic heterocycles. The number of unbranched alkanes of at least 4 members (excludes halogenated alkanes) is 27. The molecule has 0 aliphatic carbocycles. The Labute approximate surface area is 425 Å². The summed E-state index contributed by atoms with van der Waals surface area (Å²) in [4.78, 5) is 59.1. The van der Waals surface area contributed by atoms with Crippen molar-refractivity contribution >= 4 is 23.9 Å². The molecular formula is C57H112N4O8. The Morgan fingerprint density at radius 2 is 0.507 bits per heavy atom. The van der Waals surface area contributed by atoms with Gasteiger partial charge in [0, 0.05) is 65.4 Å². The van der Waals surface area contributed by atoms with E-state index < -0.39 is 0 Å². The maximum Gasteiger partial charge on any atom is 0.307 e. The van der Waals surface area contributed by atoms with Crippen molar-refractivity contribution in [2.24, 2.45) is 0 Å². The molecule has 0 saturated heterocycles. The van der Waals surface area contributed by atoms with Gasteiger partial charge in [0.2, 0.25) is 0 Å². The van der Waals surface area contributed by atoms with Gasteiger partial charge in [0.1, 0.15) is 0 Å². The molecule has 0 aromatic carbocycles. The summed E-state index contributed by atoms with van der Waals surface area (Å²) in [6, 6.07) is 0. The van der Waals surface area contributed by atoms with E-state index in [2.05, 4.69) is 54.5 Å². The molecule has 0 spiro atoms. The van der Waals surface area contributed by atoms with Crippen LogP contribution in [0.1, 0.15) is 239 Å². The third kappa shape index (κ3) is 49.1. The van der Waals surface area contributed by atoms with Gasteiger partial charge in [-0.15, -0.1) is 0 Å². The number of methoxy groups -OCH3 is 1. The molecule has 0 aromatic rings. The molecule has 12 nitrogen and oxygen atoms in total. The number of hydrogen-bond donors (Lipinski definition) is 0. The molecule has 0 bridgehead atoms. The van der Waals surface area contributed by atoms with Crippen molar-refractivity contribution in [3.63, 3.8) is 0 Å². The molecule has 0 heterocycles. The summed E-state index contributed by atoms with van der Waals surface area (Å²) in [5.41, 5.74) is 0. The maximum absolute atomic E-state index is 12.8. The smallest absolute Gasteiger partial charge is 0.307 e.